The van der Waals surface area contributed by atoms with Gasteiger partial charge in [-0.25, -0.2) is 0 Å². The minimum absolute atomic E-state index is 0.0859. The minimum atomic E-state index is -4.71. The van der Waals surface area contributed by atoms with Crippen molar-refractivity contribution < 1.29 is 41.8 Å². The zero-order valence-electron chi connectivity index (χ0n) is 22.6. The predicted molar refractivity (Wildman–Crippen MR) is 144 cm³/mol. The molecule has 0 unspecified atom stereocenters. The highest BCUT2D eigenvalue weighted by Crippen LogP contribution is 2.33. The number of methoxy groups -OCH3 is 1. The van der Waals surface area contributed by atoms with Crippen molar-refractivity contribution in [2.75, 3.05) is 26.8 Å². The first-order valence-electron chi connectivity index (χ1n) is 13.2. The van der Waals surface area contributed by atoms with E-state index in [1.165, 1.54) is 42.3 Å². The summed E-state index contributed by atoms with van der Waals surface area (Å²) < 4.78 is 58.1. The van der Waals surface area contributed by atoms with Gasteiger partial charge in [-0.1, -0.05) is 24.3 Å². The van der Waals surface area contributed by atoms with Crippen molar-refractivity contribution in [3.05, 3.63) is 89.0 Å². The van der Waals surface area contributed by atoms with E-state index in [0.717, 1.165) is 17.7 Å². The lowest BCUT2D eigenvalue weighted by atomic mass is 9.98. The Morgan fingerprint density at radius 3 is 2.55 bits per heavy atom. The number of nitrogens with one attached hydrogen (secondary N) is 2. The van der Waals surface area contributed by atoms with Crippen molar-refractivity contribution in [2.24, 2.45) is 0 Å². The Bertz CT molecular complexity index is 1480. The molecule has 12 heteroatoms. The number of nitrogens with zero attached hydrogens (tertiary/aromatic N) is 1. The molecule has 3 aromatic carbocycles. The molecule has 3 aliphatic heterocycles. The summed E-state index contributed by atoms with van der Waals surface area (Å²) in [6.45, 7) is -0.0316. The van der Waals surface area contributed by atoms with E-state index >= 15 is 0 Å². The second-order valence-corrected chi connectivity index (χ2v) is 9.89. The second kappa shape index (κ2) is 12.0. The van der Waals surface area contributed by atoms with Crippen molar-refractivity contribution in [2.45, 2.75) is 31.3 Å². The van der Waals surface area contributed by atoms with E-state index in [1.54, 1.807) is 24.3 Å². The molecule has 3 aliphatic rings. The van der Waals surface area contributed by atoms with Crippen LogP contribution in [0.3, 0.4) is 0 Å². The molecular formula is C30H28F3N3O6. The molecule has 9 nitrogen and oxygen atoms in total. The number of piperidine rings is 1. The normalized spacial score (nSPS) is 19.4. The van der Waals surface area contributed by atoms with E-state index in [4.69, 9.17) is 14.2 Å². The van der Waals surface area contributed by atoms with Gasteiger partial charge in [-0.15, -0.1) is 0 Å². The molecule has 3 amide bonds. The Morgan fingerprint density at radius 2 is 1.81 bits per heavy atom. The summed E-state index contributed by atoms with van der Waals surface area (Å²) in [5.74, 6) is -0.719. The molecule has 4 bridgehead atoms. The lowest BCUT2D eigenvalue weighted by Gasteiger charge is -2.39. The van der Waals surface area contributed by atoms with Crippen molar-refractivity contribution >= 4 is 17.7 Å². The Labute approximate surface area is 239 Å². The van der Waals surface area contributed by atoms with E-state index < -0.39 is 41.3 Å². The van der Waals surface area contributed by atoms with E-state index in [0.29, 0.717) is 11.5 Å². The van der Waals surface area contributed by atoms with Gasteiger partial charge in [-0.05, 0) is 48.0 Å². The van der Waals surface area contributed by atoms with E-state index in [1.807, 2.05) is 0 Å². The summed E-state index contributed by atoms with van der Waals surface area (Å²) in [4.78, 5) is 40.4. The maximum atomic E-state index is 13.6. The highest BCUT2D eigenvalue weighted by atomic mass is 19.4. The van der Waals surface area contributed by atoms with Gasteiger partial charge >= 0.3 is 6.18 Å². The molecule has 6 rings (SSSR count). The van der Waals surface area contributed by atoms with Crippen molar-refractivity contribution in [1.82, 2.24) is 15.5 Å². The molecule has 2 N–H and O–H groups in total. The Balaban J connectivity index is 1.46. The van der Waals surface area contributed by atoms with Gasteiger partial charge in [-0.3, -0.25) is 14.4 Å². The van der Waals surface area contributed by atoms with E-state index in [9.17, 15) is 27.6 Å². The third kappa shape index (κ3) is 6.42. The molecule has 3 aromatic rings. The summed E-state index contributed by atoms with van der Waals surface area (Å²) in [7, 11) is 1.42. The number of carbonyl (C=O) groups is 3. The van der Waals surface area contributed by atoms with Gasteiger partial charge in [0.05, 0.1) is 24.3 Å². The minimum Gasteiger partial charge on any atom is -0.493 e. The van der Waals surface area contributed by atoms with Crippen LogP contribution in [-0.4, -0.2) is 61.6 Å². The number of benzene rings is 3. The summed E-state index contributed by atoms with van der Waals surface area (Å²) in [5, 5.41) is 5.65. The predicted octanol–water partition coefficient (Wildman–Crippen LogP) is 3.81. The monoisotopic (exact) mass is 583 g/mol. The number of alkyl halides is 3. The number of amides is 3. The Hall–Kier alpha value is -4.74. The van der Waals surface area contributed by atoms with Crippen LogP contribution in [0.2, 0.25) is 0 Å². The third-order valence-electron chi connectivity index (χ3n) is 7.10. The number of hydrogen-bond donors (Lipinski definition) is 2. The first kappa shape index (κ1) is 28.8. The molecular weight excluding hydrogens is 555 g/mol. The summed E-state index contributed by atoms with van der Waals surface area (Å²) in [6, 6.07) is 15.3. The van der Waals surface area contributed by atoms with Crippen LogP contribution < -0.4 is 24.8 Å². The molecule has 0 spiro atoms. The molecule has 1 saturated heterocycles. The molecule has 0 radical (unpaired) electrons. The van der Waals surface area contributed by atoms with Crippen LogP contribution in [-0.2, 0) is 17.5 Å². The SMILES string of the molecule is COc1ccc2cc1OCC(=O)NCc1ccc(cc1)O[C@@H]1CCN(C(=O)c3ccccc3C(F)(F)F)C[C@@H]1NC2=O. The standard InChI is InChI=1S/C30H28F3N3O6/c1-40-25-11-8-19-14-26(25)41-17-27(37)34-15-18-6-9-20(10-7-18)42-24-12-13-36(16-23(24)35-28(19)38)29(39)21-4-2-3-5-22(21)30(31,32)33/h2-11,14,23-24H,12-13,15-17H2,1H3,(H,34,37)(H,35,38)/t23-,24+/m0/s1. The number of halogens is 3. The van der Waals surface area contributed by atoms with Gasteiger partial charge in [0.15, 0.2) is 18.1 Å². The maximum Gasteiger partial charge on any atom is 0.417 e. The fraction of sp³-hybridized carbons (Fsp3) is 0.300. The molecule has 1 fully saturated rings. The highest BCUT2D eigenvalue weighted by molar-refractivity contribution is 5.97. The maximum absolute atomic E-state index is 13.6. The molecule has 2 atom stereocenters. The fourth-order valence-electron chi connectivity index (χ4n) is 4.92. The average Bonchev–Trinajstić information content (AvgIpc) is 2.99. The topological polar surface area (TPSA) is 106 Å². The Morgan fingerprint density at radius 1 is 1.05 bits per heavy atom. The number of hydrogen-bond acceptors (Lipinski definition) is 6. The lowest BCUT2D eigenvalue weighted by Crippen LogP contribution is -2.58. The van der Waals surface area contributed by atoms with Crippen LogP contribution in [0.1, 0.15) is 38.3 Å². The van der Waals surface area contributed by atoms with Crippen LogP contribution in [0, 0.1) is 0 Å². The number of rotatable bonds is 2. The molecule has 42 heavy (non-hydrogen) atoms. The van der Waals surface area contributed by atoms with Crippen LogP contribution in [0.15, 0.2) is 66.7 Å². The van der Waals surface area contributed by atoms with Gasteiger partial charge in [0, 0.05) is 31.6 Å². The second-order valence-electron chi connectivity index (χ2n) is 9.89. The summed E-state index contributed by atoms with van der Waals surface area (Å²) >= 11 is 0. The summed E-state index contributed by atoms with van der Waals surface area (Å²) in [5.41, 5.74) is -0.488. The van der Waals surface area contributed by atoms with E-state index in [2.05, 4.69) is 10.6 Å². The van der Waals surface area contributed by atoms with Crippen LogP contribution in [0.25, 0.3) is 0 Å². The van der Waals surface area contributed by atoms with Crippen LogP contribution in [0.4, 0.5) is 13.2 Å². The zero-order chi connectivity index (χ0) is 29.9. The number of carbonyl (C=O) groups excluding carboxylic acids is 3. The molecule has 0 aliphatic carbocycles. The highest BCUT2D eigenvalue weighted by Gasteiger charge is 2.39. The smallest absolute Gasteiger partial charge is 0.417 e. The first-order chi connectivity index (χ1) is 20.1. The number of ether oxygens (including phenoxy) is 3. The molecule has 220 valence electrons. The quantitative estimate of drug-likeness (QED) is 0.476. The van der Waals surface area contributed by atoms with Crippen molar-refractivity contribution in [3.63, 3.8) is 0 Å². The van der Waals surface area contributed by atoms with Crippen molar-refractivity contribution in [1.29, 1.82) is 0 Å². The zero-order valence-corrected chi connectivity index (χ0v) is 22.6. The van der Waals surface area contributed by atoms with Gasteiger partial charge in [0.1, 0.15) is 11.9 Å². The van der Waals surface area contributed by atoms with Crippen molar-refractivity contribution in [3.8, 4) is 17.2 Å². The van der Waals surface area contributed by atoms with Gasteiger partial charge in [0.2, 0.25) is 0 Å². The third-order valence-corrected chi connectivity index (χ3v) is 7.10. The van der Waals surface area contributed by atoms with Gasteiger partial charge in [-0.2, -0.15) is 13.2 Å². The van der Waals surface area contributed by atoms with Gasteiger partial charge < -0.3 is 29.7 Å². The lowest BCUT2D eigenvalue weighted by molar-refractivity contribution is -0.138. The van der Waals surface area contributed by atoms with Gasteiger partial charge in [0.25, 0.3) is 17.7 Å². The number of fused-ring (bicyclic) bond motifs is 7. The fourth-order valence-corrected chi connectivity index (χ4v) is 4.92. The largest absolute Gasteiger partial charge is 0.493 e. The molecule has 3 heterocycles. The number of likely N-dealkylation sites (tertiary alicyclic amines) is 1. The van der Waals surface area contributed by atoms with E-state index in [-0.39, 0.29) is 49.9 Å². The van der Waals surface area contributed by atoms with Crippen LogP contribution in [0.5, 0.6) is 17.2 Å². The summed E-state index contributed by atoms with van der Waals surface area (Å²) in [6.07, 6.45) is -5.05. The Kier molecular flexibility index (Phi) is 8.23. The molecule has 0 aromatic heterocycles. The molecule has 0 saturated carbocycles. The van der Waals surface area contributed by atoms with Crippen LogP contribution >= 0.6 is 0 Å². The first-order valence-corrected chi connectivity index (χ1v) is 13.2. The average molecular weight is 584 g/mol.